The predicted octanol–water partition coefficient (Wildman–Crippen LogP) is 2.80. The van der Waals surface area contributed by atoms with Crippen LogP contribution in [0.3, 0.4) is 0 Å². The molecule has 1 N–H and O–H groups in total. The average Bonchev–Trinajstić information content (AvgIpc) is 2.90. The fourth-order valence-corrected chi connectivity index (χ4v) is 1.89. The molecule has 90 valence electrons. The zero-order chi connectivity index (χ0) is 11.8. The fourth-order valence-electron chi connectivity index (χ4n) is 1.89. The van der Waals surface area contributed by atoms with Gasteiger partial charge in [-0.05, 0) is 32.8 Å². The van der Waals surface area contributed by atoms with Crippen LogP contribution in [-0.4, -0.2) is 11.0 Å². The smallest absolute Gasteiger partial charge is 0.229 e. The molecule has 1 saturated carbocycles. The summed E-state index contributed by atoms with van der Waals surface area (Å²) < 4.78 is 11.0. The molecule has 4 heteroatoms. The molecule has 0 aliphatic heterocycles. The number of aromatic nitrogens is 1. The van der Waals surface area contributed by atoms with Crippen LogP contribution in [0.4, 0.5) is 0 Å². The van der Waals surface area contributed by atoms with Crippen molar-refractivity contribution in [3.8, 4) is 11.5 Å². The highest BCUT2D eigenvalue weighted by Crippen LogP contribution is 2.26. The van der Waals surface area contributed by atoms with Crippen molar-refractivity contribution in [1.29, 1.82) is 0 Å². The lowest BCUT2D eigenvalue weighted by atomic mass is 10.2. The number of aryl methyl sites for hydroxylation is 2. The van der Waals surface area contributed by atoms with Crippen molar-refractivity contribution in [3.63, 3.8) is 0 Å². The molecule has 2 aromatic rings. The van der Waals surface area contributed by atoms with Crippen molar-refractivity contribution in [1.82, 2.24) is 10.3 Å². The number of nitrogens with zero attached hydrogens (tertiary/aromatic N) is 1. The minimum atomic E-state index is 0.645. The molecule has 0 amide bonds. The maximum Gasteiger partial charge on any atom is 0.229 e. The summed E-state index contributed by atoms with van der Waals surface area (Å²) >= 11 is 0. The maximum absolute atomic E-state index is 5.49. The SMILES string of the molecule is Cc1cc(-c2nc(CNC3CC3)co2)c(C)o1. The number of furan rings is 1. The molecule has 0 saturated heterocycles. The Hall–Kier alpha value is -1.55. The van der Waals surface area contributed by atoms with Gasteiger partial charge in [-0.15, -0.1) is 0 Å². The van der Waals surface area contributed by atoms with Gasteiger partial charge in [0.1, 0.15) is 17.8 Å². The molecule has 17 heavy (non-hydrogen) atoms. The molecule has 1 aliphatic carbocycles. The largest absolute Gasteiger partial charge is 0.466 e. The third kappa shape index (κ3) is 2.26. The van der Waals surface area contributed by atoms with E-state index < -0.39 is 0 Å². The van der Waals surface area contributed by atoms with Gasteiger partial charge in [-0.2, -0.15) is 0 Å². The summed E-state index contributed by atoms with van der Waals surface area (Å²) in [5.74, 6) is 2.38. The van der Waals surface area contributed by atoms with Crippen LogP contribution in [0.1, 0.15) is 30.1 Å². The van der Waals surface area contributed by atoms with E-state index in [2.05, 4.69) is 10.3 Å². The normalized spacial score (nSPS) is 15.4. The summed E-state index contributed by atoms with van der Waals surface area (Å²) in [7, 11) is 0. The zero-order valence-electron chi connectivity index (χ0n) is 10.1. The van der Waals surface area contributed by atoms with Crippen LogP contribution >= 0.6 is 0 Å². The number of rotatable bonds is 4. The maximum atomic E-state index is 5.49. The first-order valence-corrected chi connectivity index (χ1v) is 5.97. The lowest BCUT2D eigenvalue weighted by Gasteiger charge is -1.96. The predicted molar refractivity (Wildman–Crippen MR) is 63.5 cm³/mol. The van der Waals surface area contributed by atoms with Gasteiger partial charge in [0.15, 0.2) is 0 Å². The summed E-state index contributed by atoms with van der Waals surface area (Å²) in [5.41, 5.74) is 1.89. The van der Waals surface area contributed by atoms with Crippen molar-refractivity contribution in [3.05, 3.63) is 29.5 Å². The molecule has 0 bridgehead atoms. The Labute approximate surface area is 100 Å². The standard InChI is InChI=1S/C13H16N2O2/c1-8-5-12(9(2)17-8)13-15-11(7-16-13)6-14-10-3-4-10/h5,7,10,14H,3-4,6H2,1-2H3. The van der Waals surface area contributed by atoms with Gasteiger partial charge in [0.2, 0.25) is 5.89 Å². The minimum absolute atomic E-state index is 0.645. The Kier molecular flexibility index (Phi) is 2.52. The van der Waals surface area contributed by atoms with Crippen molar-refractivity contribution in [2.24, 2.45) is 0 Å². The van der Waals surface area contributed by atoms with Gasteiger partial charge in [0.05, 0.1) is 11.3 Å². The molecular weight excluding hydrogens is 216 g/mol. The fraction of sp³-hybridized carbons (Fsp3) is 0.462. The summed E-state index contributed by atoms with van der Waals surface area (Å²) in [4.78, 5) is 4.47. The van der Waals surface area contributed by atoms with E-state index in [0.717, 1.165) is 29.3 Å². The summed E-state index contributed by atoms with van der Waals surface area (Å²) in [6, 6.07) is 2.65. The van der Waals surface area contributed by atoms with Gasteiger partial charge in [0.25, 0.3) is 0 Å². The van der Waals surface area contributed by atoms with Crippen LogP contribution in [0.15, 0.2) is 21.2 Å². The van der Waals surface area contributed by atoms with Gasteiger partial charge in [0, 0.05) is 12.6 Å². The van der Waals surface area contributed by atoms with Gasteiger partial charge in [-0.1, -0.05) is 0 Å². The Bertz CT molecular complexity index is 523. The molecule has 2 heterocycles. The lowest BCUT2D eigenvalue weighted by molar-refractivity contribution is 0.502. The van der Waals surface area contributed by atoms with Crippen LogP contribution < -0.4 is 5.32 Å². The molecular formula is C13H16N2O2. The first-order valence-electron chi connectivity index (χ1n) is 5.97. The van der Waals surface area contributed by atoms with Crippen LogP contribution in [-0.2, 0) is 6.54 Å². The molecule has 4 nitrogen and oxygen atoms in total. The quantitative estimate of drug-likeness (QED) is 0.880. The second kappa shape index (κ2) is 4.04. The number of nitrogens with one attached hydrogen (secondary N) is 1. The van der Waals surface area contributed by atoms with Crippen molar-refractivity contribution >= 4 is 0 Å². The second-order valence-corrected chi connectivity index (χ2v) is 4.63. The van der Waals surface area contributed by atoms with E-state index in [4.69, 9.17) is 8.83 Å². The Morgan fingerprint density at radius 1 is 1.41 bits per heavy atom. The average molecular weight is 232 g/mol. The highest BCUT2D eigenvalue weighted by atomic mass is 16.4. The zero-order valence-corrected chi connectivity index (χ0v) is 10.1. The summed E-state index contributed by atoms with van der Waals surface area (Å²) in [6.07, 6.45) is 4.28. The van der Waals surface area contributed by atoms with E-state index in [9.17, 15) is 0 Å². The van der Waals surface area contributed by atoms with E-state index in [1.807, 2.05) is 19.9 Å². The van der Waals surface area contributed by atoms with Gasteiger partial charge < -0.3 is 14.2 Å². The molecule has 0 atom stereocenters. The molecule has 2 aromatic heterocycles. The van der Waals surface area contributed by atoms with Gasteiger partial charge in [-0.25, -0.2) is 4.98 Å². The van der Waals surface area contributed by atoms with Crippen LogP contribution in [0, 0.1) is 13.8 Å². The summed E-state index contributed by atoms with van der Waals surface area (Å²) in [5, 5.41) is 3.41. The number of hydrogen-bond acceptors (Lipinski definition) is 4. The molecule has 0 aromatic carbocycles. The minimum Gasteiger partial charge on any atom is -0.466 e. The Morgan fingerprint density at radius 2 is 2.24 bits per heavy atom. The van der Waals surface area contributed by atoms with Crippen LogP contribution in [0.5, 0.6) is 0 Å². The molecule has 0 spiro atoms. The summed E-state index contributed by atoms with van der Waals surface area (Å²) in [6.45, 7) is 4.63. The van der Waals surface area contributed by atoms with Crippen LogP contribution in [0.25, 0.3) is 11.5 Å². The van der Waals surface area contributed by atoms with E-state index in [-0.39, 0.29) is 0 Å². The molecule has 0 radical (unpaired) electrons. The highest BCUT2D eigenvalue weighted by molar-refractivity contribution is 5.56. The monoisotopic (exact) mass is 232 g/mol. The number of hydrogen-bond donors (Lipinski definition) is 1. The van der Waals surface area contributed by atoms with E-state index >= 15 is 0 Å². The molecule has 1 fully saturated rings. The van der Waals surface area contributed by atoms with E-state index in [0.29, 0.717) is 11.9 Å². The van der Waals surface area contributed by atoms with Crippen molar-refractivity contribution in [2.75, 3.05) is 0 Å². The van der Waals surface area contributed by atoms with E-state index in [1.165, 1.54) is 12.8 Å². The second-order valence-electron chi connectivity index (χ2n) is 4.63. The Morgan fingerprint density at radius 3 is 2.88 bits per heavy atom. The van der Waals surface area contributed by atoms with Crippen LogP contribution in [0.2, 0.25) is 0 Å². The third-order valence-corrected chi connectivity index (χ3v) is 2.97. The van der Waals surface area contributed by atoms with Crippen molar-refractivity contribution in [2.45, 2.75) is 39.3 Å². The molecule has 1 aliphatic rings. The first kappa shape index (κ1) is 10.6. The van der Waals surface area contributed by atoms with Crippen molar-refractivity contribution < 1.29 is 8.83 Å². The van der Waals surface area contributed by atoms with Gasteiger partial charge in [-0.3, -0.25) is 0 Å². The lowest BCUT2D eigenvalue weighted by Crippen LogP contribution is -2.15. The first-order chi connectivity index (χ1) is 8.22. The third-order valence-electron chi connectivity index (χ3n) is 2.97. The topological polar surface area (TPSA) is 51.2 Å². The molecule has 3 rings (SSSR count). The number of oxazole rings is 1. The Balaban J connectivity index is 1.76. The highest BCUT2D eigenvalue weighted by Gasteiger charge is 2.21. The molecule has 0 unspecified atom stereocenters. The van der Waals surface area contributed by atoms with Gasteiger partial charge >= 0.3 is 0 Å². The van der Waals surface area contributed by atoms with E-state index in [1.54, 1.807) is 6.26 Å².